The van der Waals surface area contributed by atoms with Gasteiger partial charge in [-0.25, -0.2) is 0 Å². The van der Waals surface area contributed by atoms with E-state index in [0.717, 1.165) is 54.7 Å². The van der Waals surface area contributed by atoms with Crippen LogP contribution in [0.4, 0.5) is 0 Å². The van der Waals surface area contributed by atoms with Crippen LogP contribution < -0.4 is 20.7 Å². The van der Waals surface area contributed by atoms with Crippen molar-refractivity contribution in [1.29, 1.82) is 0 Å². The van der Waals surface area contributed by atoms with Gasteiger partial charge in [0.25, 0.3) is 0 Å². The molecule has 0 amide bonds. The molecule has 0 atom stereocenters. The highest BCUT2D eigenvalue weighted by atomic mass is 28.3. The first-order valence-corrected chi connectivity index (χ1v) is 23.4. The standard InChI is InChI=1S/C57H39N5Si/c1-4-20-42(21-5-1)63(43-22-6-2-7-23-43,44-24-8-3-9-25-44)54-35-19-14-26-45(54)40-36-38-41(39-37-40)55-58-56(61-50-31-15-10-27-46(50)47-28-11-16-32-51(47)61)60-57(59-55)62-52-33-17-12-29-48(52)49-30-13-18-34-53(49)62/h1-39H. The van der Waals surface area contributed by atoms with Crippen molar-refractivity contribution in [2.75, 3.05) is 0 Å². The summed E-state index contributed by atoms with van der Waals surface area (Å²) in [5, 5.41) is 9.96. The van der Waals surface area contributed by atoms with Gasteiger partial charge in [0, 0.05) is 27.1 Å². The Labute approximate surface area is 365 Å². The fraction of sp³-hybridized carbons (Fsp3) is 0. The van der Waals surface area contributed by atoms with E-state index in [0.29, 0.717) is 17.7 Å². The Bertz CT molecular complexity index is 3280. The smallest absolute Gasteiger partial charge is 0.240 e. The zero-order valence-electron chi connectivity index (χ0n) is 34.3. The first-order chi connectivity index (χ1) is 31.3. The zero-order chi connectivity index (χ0) is 41.7. The van der Waals surface area contributed by atoms with E-state index in [2.05, 4.69) is 246 Å². The average Bonchev–Trinajstić information content (AvgIpc) is 3.89. The van der Waals surface area contributed by atoms with E-state index in [1.807, 2.05) is 0 Å². The summed E-state index contributed by atoms with van der Waals surface area (Å²) in [6, 6.07) is 85.1. The molecule has 12 rings (SSSR count). The van der Waals surface area contributed by atoms with Crippen molar-refractivity contribution in [3.8, 4) is 34.4 Å². The van der Waals surface area contributed by atoms with Crippen LogP contribution in [0.5, 0.6) is 0 Å². The van der Waals surface area contributed by atoms with Gasteiger partial charge < -0.3 is 0 Å². The van der Waals surface area contributed by atoms with Gasteiger partial charge in [-0.3, -0.25) is 9.13 Å². The van der Waals surface area contributed by atoms with Gasteiger partial charge in [0.1, 0.15) is 0 Å². The Kier molecular flexibility index (Phi) is 8.76. The van der Waals surface area contributed by atoms with E-state index in [1.165, 1.54) is 26.3 Å². The summed E-state index contributed by atoms with van der Waals surface area (Å²) in [5.74, 6) is 1.72. The topological polar surface area (TPSA) is 48.5 Å². The number of para-hydroxylation sites is 4. The molecule has 9 aromatic carbocycles. The van der Waals surface area contributed by atoms with Gasteiger partial charge in [-0.2, -0.15) is 15.0 Å². The van der Waals surface area contributed by atoms with Crippen LogP contribution in [0.15, 0.2) is 237 Å². The number of rotatable bonds is 8. The Morgan fingerprint density at radius 3 is 1.03 bits per heavy atom. The number of aromatic nitrogens is 5. The lowest BCUT2D eigenvalue weighted by molar-refractivity contribution is 0.893. The maximum atomic E-state index is 5.34. The third kappa shape index (κ3) is 5.87. The molecule has 3 heterocycles. The number of hydrogen-bond acceptors (Lipinski definition) is 3. The molecule has 296 valence electrons. The molecule has 0 aliphatic carbocycles. The highest BCUT2D eigenvalue weighted by molar-refractivity contribution is 7.20. The third-order valence-corrected chi connectivity index (χ3v) is 17.4. The molecule has 0 N–H and O–H groups in total. The molecule has 5 nitrogen and oxygen atoms in total. The summed E-state index contributed by atoms with van der Waals surface area (Å²) in [6.07, 6.45) is 0. The van der Waals surface area contributed by atoms with Gasteiger partial charge in [-0.15, -0.1) is 0 Å². The molecule has 12 aromatic rings. The van der Waals surface area contributed by atoms with E-state index >= 15 is 0 Å². The molecule has 63 heavy (non-hydrogen) atoms. The van der Waals surface area contributed by atoms with Crippen LogP contribution in [-0.4, -0.2) is 32.2 Å². The predicted molar refractivity (Wildman–Crippen MR) is 263 cm³/mol. The minimum absolute atomic E-state index is 0.563. The predicted octanol–water partition coefficient (Wildman–Crippen LogP) is 10.8. The van der Waals surface area contributed by atoms with E-state index in [4.69, 9.17) is 15.0 Å². The molecule has 0 fully saturated rings. The van der Waals surface area contributed by atoms with Gasteiger partial charge in [0.05, 0.1) is 22.1 Å². The Balaban J connectivity index is 1.07. The van der Waals surface area contributed by atoms with Crippen LogP contribution in [-0.2, 0) is 0 Å². The summed E-state index contributed by atoms with van der Waals surface area (Å²) in [4.78, 5) is 16.0. The lowest BCUT2D eigenvalue weighted by Crippen LogP contribution is -2.75. The molecule has 0 radical (unpaired) electrons. The normalized spacial score (nSPS) is 11.8. The molecule has 0 spiro atoms. The summed E-state index contributed by atoms with van der Waals surface area (Å²) in [5.41, 5.74) is 7.41. The highest BCUT2D eigenvalue weighted by Crippen LogP contribution is 2.35. The minimum Gasteiger partial charge on any atom is -0.278 e. The molecule has 0 saturated heterocycles. The maximum absolute atomic E-state index is 5.34. The second-order valence-corrected chi connectivity index (χ2v) is 19.7. The fourth-order valence-electron chi connectivity index (χ4n) is 9.85. The van der Waals surface area contributed by atoms with Crippen LogP contribution in [0.25, 0.3) is 78.0 Å². The van der Waals surface area contributed by atoms with Crippen molar-refractivity contribution in [3.63, 3.8) is 0 Å². The molecule has 6 heteroatoms. The third-order valence-electron chi connectivity index (χ3n) is 12.6. The van der Waals surface area contributed by atoms with E-state index in [-0.39, 0.29) is 0 Å². The van der Waals surface area contributed by atoms with Crippen molar-refractivity contribution in [1.82, 2.24) is 24.1 Å². The van der Waals surface area contributed by atoms with E-state index in [1.54, 1.807) is 0 Å². The van der Waals surface area contributed by atoms with Gasteiger partial charge >= 0.3 is 0 Å². The molecule has 3 aromatic heterocycles. The summed E-state index contributed by atoms with van der Waals surface area (Å²) >= 11 is 0. The Hall–Kier alpha value is -8.19. The van der Waals surface area contributed by atoms with Crippen molar-refractivity contribution >= 4 is 72.4 Å². The SMILES string of the molecule is c1ccc([Si](c2ccccc2)(c2ccccc2)c2ccccc2-c2ccc(-c3nc(-n4c5ccccc5c5ccccc54)nc(-n4c5ccccc5c5ccccc54)n3)cc2)cc1. The second-order valence-electron chi connectivity index (χ2n) is 16.0. The van der Waals surface area contributed by atoms with E-state index in [9.17, 15) is 0 Å². The largest absolute Gasteiger partial charge is 0.278 e. The van der Waals surface area contributed by atoms with Gasteiger partial charge in [0.2, 0.25) is 11.9 Å². The molecule has 0 aliphatic heterocycles. The van der Waals surface area contributed by atoms with Crippen molar-refractivity contribution in [2.45, 2.75) is 0 Å². The molecular formula is C57H39N5Si. The van der Waals surface area contributed by atoms with Crippen LogP contribution in [0, 0.1) is 0 Å². The quantitative estimate of drug-likeness (QED) is 0.113. The lowest BCUT2D eigenvalue weighted by atomic mass is 10.0. The zero-order valence-corrected chi connectivity index (χ0v) is 35.3. The van der Waals surface area contributed by atoms with Crippen LogP contribution in [0.2, 0.25) is 0 Å². The van der Waals surface area contributed by atoms with Gasteiger partial charge in [-0.1, -0.05) is 212 Å². The number of nitrogens with zero attached hydrogens (tertiary/aromatic N) is 5. The summed E-state index contributed by atoms with van der Waals surface area (Å²) in [6.45, 7) is 0. The van der Waals surface area contributed by atoms with Gasteiger partial charge in [-0.05, 0) is 56.1 Å². The van der Waals surface area contributed by atoms with Crippen LogP contribution in [0.3, 0.4) is 0 Å². The van der Waals surface area contributed by atoms with Gasteiger partial charge in [0.15, 0.2) is 13.9 Å². The van der Waals surface area contributed by atoms with Crippen molar-refractivity contribution in [3.05, 3.63) is 237 Å². The second kappa shape index (κ2) is 15.1. The molecule has 0 aliphatic rings. The first-order valence-electron chi connectivity index (χ1n) is 21.4. The first kappa shape index (κ1) is 36.6. The minimum atomic E-state index is -2.81. The molecular weight excluding hydrogens is 783 g/mol. The maximum Gasteiger partial charge on any atom is 0.240 e. The molecule has 0 bridgehead atoms. The van der Waals surface area contributed by atoms with Crippen LogP contribution >= 0.6 is 0 Å². The summed E-state index contributed by atoms with van der Waals surface area (Å²) in [7, 11) is -2.81. The van der Waals surface area contributed by atoms with E-state index < -0.39 is 8.07 Å². The Morgan fingerprint density at radius 1 is 0.286 bits per heavy atom. The summed E-state index contributed by atoms with van der Waals surface area (Å²) < 4.78 is 4.36. The monoisotopic (exact) mass is 821 g/mol. The number of benzene rings is 9. The van der Waals surface area contributed by atoms with Crippen molar-refractivity contribution < 1.29 is 0 Å². The lowest BCUT2D eigenvalue weighted by Gasteiger charge is -2.36. The molecule has 0 unspecified atom stereocenters. The molecule has 0 saturated carbocycles. The average molecular weight is 822 g/mol. The number of fused-ring (bicyclic) bond motifs is 6. The number of hydrogen-bond donors (Lipinski definition) is 0. The fourth-order valence-corrected chi connectivity index (χ4v) is 14.8. The van der Waals surface area contributed by atoms with Crippen molar-refractivity contribution in [2.24, 2.45) is 0 Å². The highest BCUT2D eigenvalue weighted by Gasteiger charge is 2.42. The Morgan fingerprint density at radius 2 is 0.619 bits per heavy atom. The van der Waals surface area contributed by atoms with Crippen LogP contribution in [0.1, 0.15) is 0 Å².